The number of nitrogens with one attached hydrogen (secondary N) is 1. The number of halogens is 1. The van der Waals surface area contributed by atoms with Crippen molar-refractivity contribution in [3.8, 4) is 0 Å². The summed E-state index contributed by atoms with van der Waals surface area (Å²) in [6, 6.07) is 22.1. The van der Waals surface area contributed by atoms with Crippen LogP contribution in [0.25, 0.3) is 28.1 Å². The molecule has 1 aromatic heterocycles. The molecule has 2 N–H and O–H groups in total. The molecule has 0 fully saturated rings. The molecule has 0 saturated heterocycles. The molecule has 0 atom stereocenters. The number of carbonyl (C=O) groups is 1. The number of hydrogen-bond donors (Lipinski definition) is 2. The third kappa shape index (κ3) is 4.44. The van der Waals surface area contributed by atoms with Gasteiger partial charge < -0.3 is 5.11 Å². The lowest BCUT2D eigenvalue weighted by atomic mass is 9.87. The zero-order chi connectivity index (χ0) is 21.8. The van der Waals surface area contributed by atoms with E-state index < -0.39 is 5.97 Å². The zero-order valence-corrected chi connectivity index (χ0v) is 17.7. The summed E-state index contributed by atoms with van der Waals surface area (Å²) < 4.78 is 0. The average molecular weight is 429 g/mol. The van der Waals surface area contributed by atoms with Gasteiger partial charge in [0.15, 0.2) is 0 Å². The Morgan fingerprint density at radius 3 is 2.48 bits per heavy atom. The van der Waals surface area contributed by atoms with Crippen LogP contribution in [0, 0.1) is 0 Å². The van der Waals surface area contributed by atoms with Crippen molar-refractivity contribution in [2.24, 2.45) is 0 Å². The van der Waals surface area contributed by atoms with Gasteiger partial charge >= 0.3 is 5.97 Å². The standard InChI is InChI=1S/C26H21ClN2O2/c1-2-21(18-6-4-3-5-7-18)26(19-11-8-17(9-12-19)10-13-25(30)31)22-14-20-16-28-29-24(20)15-23(22)27/h3-16H,2H2,1H3,(H,28,29)(H,30,31)/b13-10+,26-21+. The van der Waals surface area contributed by atoms with Crippen LogP contribution in [0.3, 0.4) is 0 Å². The number of aromatic amines is 1. The number of carboxylic acids is 1. The van der Waals surface area contributed by atoms with Crippen molar-refractivity contribution in [3.05, 3.63) is 106 Å². The third-order valence-electron chi connectivity index (χ3n) is 5.19. The minimum atomic E-state index is -0.970. The van der Waals surface area contributed by atoms with Crippen LogP contribution in [0.1, 0.15) is 35.6 Å². The van der Waals surface area contributed by atoms with Crippen molar-refractivity contribution >= 4 is 45.7 Å². The summed E-state index contributed by atoms with van der Waals surface area (Å²) in [5.41, 5.74) is 7.02. The highest BCUT2D eigenvalue weighted by molar-refractivity contribution is 6.33. The van der Waals surface area contributed by atoms with E-state index in [1.54, 1.807) is 12.3 Å². The highest BCUT2D eigenvalue weighted by Crippen LogP contribution is 2.39. The number of aliphatic carboxylic acids is 1. The first-order valence-electron chi connectivity index (χ1n) is 10.00. The number of aromatic nitrogens is 2. The normalized spacial score (nSPS) is 12.3. The predicted octanol–water partition coefficient (Wildman–Crippen LogP) is 6.68. The van der Waals surface area contributed by atoms with Gasteiger partial charge in [-0.25, -0.2) is 4.79 Å². The maximum absolute atomic E-state index is 10.8. The quantitative estimate of drug-likeness (QED) is 0.266. The number of benzene rings is 3. The van der Waals surface area contributed by atoms with Gasteiger partial charge in [0, 0.05) is 17.0 Å². The van der Waals surface area contributed by atoms with E-state index in [0.29, 0.717) is 5.02 Å². The maximum atomic E-state index is 10.8. The monoisotopic (exact) mass is 428 g/mol. The highest BCUT2D eigenvalue weighted by Gasteiger charge is 2.17. The smallest absolute Gasteiger partial charge is 0.328 e. The van der Waals surface area contributed by atoms with E-state index in [2.05, 4.69) is 35.3 Å². The van der Waals surface area contributed by atoms with Crippen molar-refractivity contribution < 1.29 is 9.90 Å². The molecule has 3 aromatic carbocycles. The van der Waals surface area contributed by atoms with Crippen molar-refractivity contribution in [2.75, 3.05) is 0 Å². The molecule has 5 heteroatoms. The van der Waals surface area contributed by atoms with Crippen LogP contribution in [0.15, 0.2) is 79.0 Å². The average Bonchev–Trinajstić information content (AvgIpc) is 3.24. The molecule has 0 radical (unpaired) electrons. The second-order valence-electron chi connectivity index (χ2n) is 7.16. The molecule has 31 heavy (non-hydrogen) atoms. The number of H-pyrrole nitrogens is 1. The lowest BCUT2D eigenvalue weighted by molar-refractivity contribution is -0.131. The van der Waals surface area contributed by atoms with E-state index in [1.165, 1.54) is 5.57 Å². The molecule has 0 bridgehead atoms. The van der Waals surface area contributed by atoms with Crippen LogP contribution in [0.5, 0.6) is 0 Å². The molecule has 0 saturated carbocycles. The Bertz CT molecular complexity index is 1290. The lowest BCUT2D eigenvalue weighted by Gasteiger charge is -2.18. The van der Waals surface area contributed by atoms with E-state index in [9.17, 15) is 4.79 Å². The lowest BCUT2D eigenvalue weighted by Crippen LogP contribution is -1.96. The summed E-state index contributed by atoms with van der Waals surface area (Å²) in [5, 5.41) is 17.6. The molecule has 0 amide bonds. The minimum Gasteiger partial charge on any atom is -0.478 e. The number of carboxylic acid groups (broad SMARTS) is 1. The zero-order valence-electron chi connectivity index (χ0n) is 17.0. The van der Waals surface area contributed by atoms with E-state index in [-0.39, 0.29) is 0 Å². The summed E-state index contributed by atoms with van der Waals surface area (Å²) in [6.45, 7) is 2.14. The Labute approximate surface area is 185 Å². The summed E-state index contributed by atoms with van der Waals surface area (Å²) in [5.74, 6) is -0.970. The van der Waals surface area contributed by atoms with Crippen LogP contribution in [-0.4, -0.2) is 21.3 Å². The van der Waals surface area contributed by atoms with Gasteiger partial charge in [0.1, 0.15) is 0 Å². The Hall–Kier alpha value is -3.63. The van der Waals surface area contributed by atoms with Gasteiger partial charge in [-0.05, 0) is 52.5 Å². The van der Waals surface area contributed by atoms with Gasteiger partial charge in [0.2, 0.25) is 0 Å². The van der Waals surface area contributed by atoms with Crippen LogP contribution >= 0.6 is 11.6 Å². The fourth-order valence-corrected chi connectivity index (χ4v) is 4.00. The van der Waals surface area contributed by atoms with Crippen molar-refractivity contribution in [2.45, 2.75) is 13.3 Å². The Kier molecular flexibility index (Phi) is 6.01. The number of rotatable bonds is 6. The highest BCUT2D eigenvalue weighted by atomic mass is 35.5. The summed E-state index contributed by atoms with van der Waals surface area (Å²) in [4.78, 5) is 10.8. The summed E-state index contributed by atoms with van der Waals surface area (Å²) >= 11 is 6.75. The topological polar surface area (TPSA) is 66.0 Å². The molecule has 0 aliphatic carbocycles. The van der Waals surface area contributed by atoms with Gasteiger partial charge in [0.05, 0.1) is 16.7 Å². The SMILES string of the molecule is CC/C(=C(/c1ccc(/C=C/C(=O)O)cc1)c1cc2cn[nH]c2cc1Cl)c1ccccc1. The van der Waals surface area contributed by atoms with Gasteiger partial charge in [-0.1, -0.05) is 73.1 Å². The molecule has 0 spiro atoms. The fraction of sp³-hybridized carbons (Fsp3) is 0.0769. The molecule has 4 nitrogen and oxygen atoms in total. The largest absolute Gasteiger partial charge is 0.478 e. The molecular formula is C26H21ClN2O2. The predicted molar refractivity (Wildman–Crippen MR) is 127 cm³/mol. The molecule has 4 rings (SSSR count). The second-order valence-corrected chi connectivity index (χ2v) is 7.56. The van der Waals surface area contributed by atoms with E-state index >= 15 is 0 Å². The Morgan fingerprint density at radius 1 is 1.06 bits per heavy atom. The van der Waals surface area contributed by atoms with Crippen LogP contribution in [-0.2, 0) is 4.79 Å². The van der Waals surface area contributed by atoms with Gasteiger partial charge in [-0.15, -0.1) is 0 Å². The van der Waals surface area contributed by atoms with Crippen LogP contribution in [0.4, 0.5) is 0 Å². The van der Waals surface area contributed by atoms with Crippen LogP contribution < -0.4 is 0 Å². The Balaban J connectivity index is 1.94. The molecule has 0 aliphatic heterocycles. The molecule has 0 aliphatic rings. The number of nitrogens with zero attached hydrogens (tertiary/aromatic N) is 1. The van der Waals surface area contributed by atoms with Crippen LogP contribution in [0.2, 0.25) is 5.02 Å². The Morgan fingerprint density at radius 2 is 1.81 bits per heavy atom. The van der Waals surface area contributed by atoms with Crippen molar-refractivity contribution in [1.82, 2.24) is 10.2 Å². The first-order valence-corrected chi connectivity index (χ1v) is 10.4. The molecule has 4 aromatic rings. The van der Waals surface area contributed by atoms with E-state index in [0.717, 1.165) is 51.2 Å². The van der Waals surface area contributed by atoms with Gasteiger partial charge in [0.25, 0.3) is 0 Å². The molecule has 0 unspecified atom stereocenters. The third-order valence-corrected chi connectivity index (χ3v) is 5.51. The minimum absolute atomic E-state index is 0.642. The van der Waals surface area contributed by atoms with Gasteiger partial charge in [-0.2, -0.15) is 5.10 Å². The molecule has 154 valence electrons. The summed E-state index contributed by atoms with van der Waals surface area (Å²) in [6.07, 6.45) is 5.33. The second kappa shape index (κ2) is 9.02. The van der Waals surface area contributed by atoms with E-state index in [1.807, 2.05) is 48.5 Å². The number of fused-ring (bicyclic) bond motifs is 1. The number of allylic oxidation sites excluding steroid dienone is 1. The number of hydrogen-bond acceptors (Lipinski definition) is 2. The fourth-order valence-electron chi connectivity index (χ4n) is 3.74. The molecular weight excluding hydrogens is 408 g/mol. The molecule has 1 heterocycles. The van der Waals surface area contributed by atoms with Gasteiger partial charge in [-0.3, -0.25) is 5.10 Å². The van der Waals surface area contributed by atoms with Crippen molar-refractivity contribution in [1.29, 1.82) is 0 Å². The van der Waals surface area contributed by atoms with Crippen molar-refractivity contribution in [3.63, 3.8) is 0 Å². The first kappa shape index (κ1) is 20.6. The first-order chi connectivity index (χ1) is 15.1. The maximum Gasteiger partial charge on any atom is 0.328 e. The van der Waals surface area contributed by atoms with E-state index in [4.69, 9.17) is 16.7 Å². The summed E-state index contributed by atoms with van der Waals surface area (Å²) in [7, 11) is 0.